The van der Waals surface area contributed by atoms with Gasteiger partial charge in [-0.2, -0.15) is 0 Å². The van der Waals surface area contributed by atoms with Gasteiger partial charge in [0.2, 0.25) is 5.91 Å². The van der Waals surface area contributed by atoms with Gasteiger partial charge in [0.05, 0.1) is 19.3 Å². The number of nitrogens with one attached hydrogen (secondary N) is 1. The van der Waals surface area contributed by atoms with E-state index in [0.29, 0.717) is 13.2 Å². The van der Waals surface area contributed by atoms with E-state index in [-0.39, 0.29) is 11.9 Å². The molecule has 1 heterocycles. The van der Waals surface area contributed by atoms with Crippen LogP contribution >= 0.6 is 0 Å². The van der Waals surface area contributed by atoms with Crippen LogP contribution in [0.4, 0.5) is 5.69 Å². The molecule has 1 aromatic rings. The lowest BCUT2D eigenvalue weighted by molar-refractivity contribution is -0.122. The maximum Gasteiger partial charge on any atom is 0.241 e. The molecular formula is C14H20N2O2. The molecule has 0 aliphatic carbocycles. The number of ether oxygens (including phenoxy) is 1. The zero-order valence-corrected chi connectivity index (χ0v) is 11.0. The summed E-state index contributed by atoms with van der Waals surface area (Å²) in [5, 5.41) is 2.94. The van der Waals surface area contributed by atoms with Crippen LogP contribution in [0.15, 0.2) is 24.3 Å². The number of hydrogen-bond donors (Lipinski definition) is 1. The zero-order valence-electron chi connectivity index (χ0n) is 11.0. The first kappa shape index (κ1) is 13.1. The summed E-state index contributed by atoms with van der Waals surface area (Å²) in [6.07, 6.45) is 0. The maximum atomic E-state index is 12.1. The molecule has 0 aromatic heterocycles. The van der Waals surface area contributed by atoms with Gasteiger partial charge >= 0.3 is 0 Å². The van der Waals surface area contributed by atoms with Crippen LogP contribution in [0.25, 0.3) is 0 Å². The van der Waals surface area contributed by atoms with Crippen LogP contribution < -0.4 is 5.32 Å². The quantitative estimate of drug-likeness (QED) is 0.884. The van der Waals surface area contributed by atoms with Gasteiger partial charge < -0.3 is 10.1 Å². The first-order chi connectivity index (χ1) is 8.66. The molecule has 4 heteroatoms. The standard InChI is InChI=1S/C14H20N2O2/c1-11-3-5-13(6-4-11)15-14(17)12(2)16-7-9-18-10-8-16/h3-6,12H,7-10H2,1-2H3,(H,15,17)/t12-/m1/s1. The highest BCUT2D eigenvalue weighted by Crippen LogP contribution is 2.11. The molecule has 0 unspecified atom stereocenters. The van der Waals surface area contributed by atoms with Crippen molar-refractivity contribution in [3.05, 3.63) is 29.8 Å². The van der Waals surface area contributed by atoms with Gasteiger partial charge in [-0.25, -0.2) is 0 Å². The number of rotatable bonds is 3. The Morgan fingerprint density at radius 2 is 1.89 bits per heavy atom. The highest BCUT2D eigenvalue weighted by molar-refractivity contribution is 5.94. The smallest absolute Gasteiger partial charge is 0.241 e. The lowest BCUT2D eigenvalue weighted by Crippen LogP contribution is -2.47. The van der Waals surface area contributed by atoms with Crippen molar-refractivity contribution in [2.24, 2.45) is 0 Å². The minimum atomic E-state index is -0.116. The first-order valence-corrected chi connectivity index (χ1v) is 6.36. The molecule has 1 amide bonds. The molecule has 0 radical (unpaired) electrons. The predicted molar refractivity (Wildman–Crippen MR) is 71.7 cm³/mol. The normalized spacial score (nSPS) is 18.3. The average Bonchev–Trinajstić information content (AvgIpc) is 2.41. The number of carbonyl (C=O) groups excluding carboxylic acids is 1. The van der Waals surface area contributed by atoms with Crippen molar-refractivity contribution in [2.75, 3.05) is 31.6 Å². The molecule has 1 aliphatic heterocycles. The summed E-state index contributed by atoms with van der Waals surface area (Å²) in [6.45, 7) is 7.03. The van der Waals surface area contributed by atoms with Crippen molar-refractivity contribution < 1.29 is 9.53 Å². The number of morpholine rings is 1. The van der Waals surface area contributed by atoms with Gasteiger partial charge in [0.1, 0.15) is 0 Å². The van der Waals surface area contributed by atoms with Crippen LogP contribution in [0.3, 0.4) is 0 Å². The van der Waals surface area contributed by atoms with Gasteiger partial charge in [0.25, 0.3) is 0 Å². The maximum absolute atomic E-state index is 12.1. The summed E-state index contributed by atoms with van der Waals surface area (Å²) in [6, 6.07) is 7.73. The van der Waals surface area contributed by atoms with E-state index >= 15 is 0 Å². The number of amides is 1. The molecule has 1 saturated heterocycles. The summed E-state index contributed by atoms with van der Waals surface area (Å²) >= 11 is 0. The Morgan fingerprint density at radius 1 is 1.28 bits per heavy atom. The topological polar surface area (TPSA) is 41.6 Å². The van der Waals surface area contributed by atoms with Crippen LogP contribution in [-0.2, 0) is 9.53 Å². The second-order valence-corrected chi connectivity index (χ2v) is 4.68. The molecule has 1 aromatic carbocycles. The Hall–Kier alpha value is -1.39. The average molecular weight is 248 g/mol. The second-order valence-electron chi connectivity index (χ2n) is 4.68. The van der Waals surface area contributed by atoms with E-state index in [1.54, 1.807) is 0 Å². The number of carbonyl (C=O) groups is 1. The van der Waals surface area contributed by atoms with Gasteiger partial charge in [-0.05, 0) is 26.0 Å². The SMILES string of the molecule is Cc1ccc(NC(=O)[C@@H](C)N2CCOCC2)cc1. The van der Waals surface area contributed by atoms with Crippen molar-refractivity contribution >= 4 is 11.6 Å². The molecule has 1 atom stereocenters. The summed E-state index contributed by atoms with van der Waals surface area (Å²) in [7, 11) is 0. The number of aryl methyl sites for hydroxylation is 1. The van der Waals surface area contributed by atoms with Crippen LogP contribution in [0.1, 0.15) is 12.5 Å². The Kier molecular flexibility index (Phi) is 4.33. The molecule has 1 fully saturated rings. The van der Waals surface area contributed by atoms with Gasteiger partial charge in [0, 0.05) is 18.8 Å². The number of anilines is 1. The van der Waals surface area contributed by atoms with Crippen molar-refractivity contribution in [3.8, 4) is 0 Å². The van der Waals surface area contributed by atoms with Gasteiger partial charge in [0.15, 0.2) is 0 Å². The van der Waals surface area contributed by atoms with E-state index in [1.807, 2.05) is 38.1 Å². The molecule has 0 spiro atoms. The lowest BCUT2D eigenvalue weighted by atomic mass is 10.2. The van der Waals surface area contributed by atoms with Crippen LogP contribution in [-0.4, -0.2) is 43.2 Å². The molecule has 4 nitrogen and oxygen atoms in total. The molecule has 1 aliphatic rings. The van der Waals surface area contributed by atoms with Crippen LogP contribution in [0.5, 0.6) is 0 Å². The van der Waals surface area contributed by atoms with Gasteiger partial charge in [-0.15, -0.1) is 0 Å². The largest absolute Gasteiger partial charge is 0.379 e. The van der Waals surface area contributed by atoms with E-state index in [2.05, 4.69) is 10.2 Å². The van der Waals surface area contributed by atoms with E-state index in [0.717, 1.165) is 18.8 Å². The third-order valence-corrected chi connectivity index (χ3v) is 3.29. The summed E-state index contributed by atoms with van der Waals surface area (Å²) < 4.78 is 5.29. The van der Waals surface area contributed by atoms with E-state index in [1.165, 1.54) is 5.56 Å². The Balaban J connectivity index is 1.92. The Morgan fingerprint density at radius 3 is 2.50 bits per heavy atom. The molecule has 1 N–H and O–H groups in total. The number of nitrogens with zero attached hydrogens (tertiary/aromatic N) is 1. The Labute approximate surface area is 108 Å². The third kappa shape index (κ3) is 3.31. The predicted octanol–water partition coefficient (Wildman–Crippen LogP) is 1.65. The molecule has 18 heavy (non-hydrogen) atoms. The molecule has 0 bridgehead atoms. The van der Waals surface area contributed by atoms with Gasteiger partial charge in [-0.1, -0.05) is 17.7 Å². The van der Waals surface area contributed by atoms with E-state index < -0.39 is 0 Å². The minimum Gasteiger partial charge on any atom is -0.379 e. The van der Waals surface area contributed by atoms with Gasteiger partial charge in [-0.3, -0.25) is 9.69 Å². The van der Waals surface area contributed by atoms with Crippen LogP contribution in [0, 0.1) is 6.92 Å². The fraction of sp³-hybridized carbons (Fsp3) is 0.500. The number of hydrogen-bond acceptors (Lipinski definition) is 3. The molecule has 0 saturated carbocycles. The highest BCUT2D eigenvalue weighted by atomic mass is 16.5. The monoisotopic (exact) mass is 248 g/mol. The van der Waals surface area contributed by atoms with Crippen molar-refractivity contribution in [1.29, 1.82) is 0 Å². The molecular weight excluding hydrogens is 228 g/mol. The van der Waals surface area contributed by atoms with Crippen LogP contribution in [0.2, 0.25) is 0 Å². The fourth-order valence-electron chi connectivity index (χ4n) is 2.01. The third-order valence-electron chi connectivity index (χ3n) is 3.29. The van der Waals surface area contributed by atoms with Crippen molar-refractivity contribution in [1.82, 2.24) is 4.90 Å². The highest BCUT2D eigenvalue weighted by Gasteiger charge is 2.22. The summed E-state index contributed by atoms with van der Waals surface area (Å²) in [4.78, 5) is 14.2. The second kappa shape index (κ2) is 5.98. The van der Waals surface area contributed by atoms with Crippen molar-refractivity contribution in [2.45, 2.75) is 19.9 Å². The fourth-order valence-corrected chi connectivity index (χ4v) is 2.01. The summed E-state index contributed by atoms with van der Waals surface area (Å²) in [5.74, 6) is 0.0424. The first-order valence-electron chi connectivity index (χ1n) is 6.36. The van der Waals surface area contributed by atoms with Crippen molar-refractivity contribution in [3.63, 3.8) is 0 Å². The molecule has 98 valence electrons. The number of benzene rings is 1. The summed E-state index contributed by atoms with van der Waals surface area (Å²) in [5.41, 5.74) is 2.04. The molecule has 2 rings (SSSR count). The van der Waals surface area contributed by atoms with E-state index in [4.69, 9.17) is 4.74 Å². The lowest BCUT2D eigenvalue weighted by Gasteiger charge is -2.31. The minimum absolute atomic E-state index is 0.0424. The Bertz CT molecular complexity index is 397. The van der Waals surface area contributed by atoms with E-state index in [9.17, 15) is 4.79 Å². The zero-order chi connectivity index (χ0) is 13.0.